The van der Waals surface area contributed by atoms with Crippen molar-refractivity contribution in [1.29, 1.82) is 0 Å². The van der Waals surface area contributed by atoms with Gasteiger partial charge in [-0.2, -0.15) is 0 Å². The SMILES string of the molecule is COc1cc(NC(=O)c2cc3c(ccc4ccccc43)oc2=O)c(OC)cc1NC(=O)c1cc2c(ccc3ccccc32)oc1=O. The predicted molar refractivity (Wildman–Crippen MR) is 175 cm³/mol. The molecule has 0 aliphatic rings. The van der Waals surface area contributed by atoms with Gasteiger partial charge in [-0.05, 0) is 45.8 Å². The third kappa shape index (κ3) is 4.87. The van der Waals surface area contributed by atoms with E-state index in [1.807, 2.05) is 60.7 Å². The molecule has 2 heterocycles. The van der Waals surface area contributed by atoms with E-state index in [4.69, 9.17) is 18.3 Å². The van der Waals surface area contributed by atoms with Gasteiger partial charge in [0.05, 0.1) is 25.6 Å². The lowest BCUT2D eigenvalue weighted by Crippen LogP contribution is -2.22. The van der Waals surface area contributed by atoms with Crippen LogP contribution in [0.3, 0.4) is 0 Å². The summed E-state index contributed by atoms with van der Waals surface area (Å²) in [5, 5.41) is 10.1. The molecule has 2 N–H and O–H groups in total. The smallest absolute Gasteiger partial charge is 0.349 e. The number of ether oxygens (including phenoxy) is 2. The zero-order valence-electron chi connectivity index (χ0n) is 24.5. The fraction of sp³-hybridized carbons (Fsp3) is 0.0556. The van der Waals surface area contributed by atoms with Gasteiger partial charge >= 0.3 is 11.3 Å². The Morgan fingerprint density at radius 2 is 0.957 bits per heavy atom. The van der Waals surface area contributed by atoms with Gasteiger partial charge in [0.1, 0.15) is 33.8 Å². The predicted octanol–water partition coefficient (Wildman–Crippen LogP) is 6.73. The van der Waals surface area contributed by atoms with Gasteiger partial charge in [0, 0.05) is 22.9 Å². The molecular weight excluding hydrogens is 588 g/mol. The highest BCUT2D eigenvalue weighted by Crippen LogP contribution is 2.37. The Morgan fingerprint density at radius 3 is 1.37 bits per heavy atom. The first-order valence-corrected chi connectivity index (χ1v) is 14.1. The van der Waals surface area contributed by atoms with E-state index in [0.29, 0.717) is 21.9 Å². The lowest BCUT2D eigenvalue weighted by molar-refractivity contribution is 0.101. The second-order valence-electron chi connectivity index (χ2n) is 10.5. The molecule has 7 aromatic rings. The van der Waals surface area contributed by atoms with E-state index in [-0.39, 0.29) is 34.0 Å². The Bertz CT molecular complexity index is 2320. The van der Waals surface area contributed by atoms with Crippen molar-refractivity contribution >= 4 is 66.7 Å². The lowest BCUT2D eigenvalue weighted by Gasteiger charge is -2.16. The van der Waals surface area contributed by atoms with Crippen LogP contribution < -0.4 is 31.4 Å². The number of carbonyl (C=O) groups excluding carboxylic acids is 2. The number of benzene rings is 5. The number of nitrogens with one attached hydrogen (secondary N) is 2. The van der Waals surface area contributed by atoms with E-state index in [1.165, 1.54) is 38.5 Å². The molecule has 0 aliphatic carbocycles. The Kier molecular flexibility index (Phi) is 6.94. The molecule has 0 bridgehead atoms. The first-order chi connectivity index (χ1) is 22.3. The highest BCUT2D eigenvalue weighted by molar-refractivity contribution is 6.12. The van der Waals surface area contributed by atoms with Crippen molar-refractivity contribution in [1.82, 2.24) is 0 Å². The summed E-state index contributed by atoms with van der Waals surface area (Å²) in [6.07, 6.45) is 0. The molecule has 2 aromatic heterocycles. The van der Waals surface area contributed by atoms with Gasteiger partial charge < -0.3 is 28.9 Å². The number of hydrogen-bond acceptors (Lipinski definition) is 8. The maximum atomic E-state index is 13.4. The summed E-state index contributed by atoms with van der Waals surface area (Å²) < 4.78 is 21.9. The topological polar surface area (TPSA) is 137 Å². The van der Waals surface area contributed by atoms with Gasteiger partial charge in [-0.15, -0.1) is 0 Å². The number of anilines is 2. The number of fused-ring (bicyclic) bond motifs is 6. The van der Waals surface area contributed by atoms with Crippen molar-refractivity contribution in [3.8, 4) is 11.5 Å². The molecule has 0 unspecified atom stereocenters. The van der Waals surface area contributed by atoms with Crippen LogP contribution >= 0.6 is 0 Å². The first kappa shape index (κ1) is 28.4. The lowest BCUT2D eigenvalue weighted by atomic mass is 10.0. The van der Waals surface area contributed by atoms with E-state index in [2.05, 4.69) is 10.6 Å². The fourth-order valence-electron chi connectivity index (χ4n) is 5.53. The summed E-state index contributed by atoms with van der Waals surface area (Å²) in [5.41, 5.74) is -1.00. The molecule has 10 nitrogen and oxygen atoms in total. The minimum Gasteiger partial charge on any atom is -0.494 e. The van der Waals surface area contributed by atoms with E-state index in [0.717, 1.165) is 21.5 Å². The molecule has 0 atom stereocenters. The molecule has 226 valence electrons. The highest BCUT2D eigenvalue weighted by atomic mass is 16.5. The maximum Gasteiger partial charge on any atom is 0.349 e. The van der Waals surface area contributed by atoms with Crippen LogP contribution in [-0.4, -0.2) is 26.0 Å². The zero-order valence-corrected chi connectivity index (χ0v) is 24.5. The van der Waals surface area contributed by atoms with Crippen LogP contribution in [0, 0.1) is 0 Å². The fourth-order valence-corrected chi connectivity index (χ4v) is 5.53. The van der Waals surface area contributed by atoms with Crippen LogP contribution in [0.15, 0.2) is 115 Å². The quantitative estimate of drug-likeness (QED) is 0.156. The number of amides is 2. The van der Waals surface area contributed by atoms with Crippen LogP contribution in [0.5, 0.6) is 11.5 Å². The summed E-state index contributed by atoms with van der Waals surface area (Å²) in [4.78, 5) is 52.4. The monoisotopic (exact) mass is 612 g/mol. The molecule has 0 radical (unpaired) electrons. The summed E-state index contributed by atoms with van der Waals surface area (Å²) >= 11 is 0. The molecule has 0 fully saturated rings. The molecule has 0 aliphatic heterocycles. The number of rotatable bonds is 6. The molecule has 46 heavy (non-hydrogen) atoms. The van der Waals surface area contributed by atoms with Crippen molar-refractivity contribution in [3.05, 3.63) is 129 Å². The van der Waals surface area contributed by atoms with Crippen molar-refractivity contribution in [3.63, 3.8) is 0 Å². The third-order valence-electron chi connectivity index (χ3n) is 7.79. The number of hydrogen-bond donors (Lipinski definition) is 2. The second kappa shape index (κ2) is 11.3. The van der Waals surface area contributed by atoms with Crippen LogP contribution in [-0.2, 0) is 0 Å². The summed E-state index contributed by atoms with van der Waals surface area (Å²) in [7, 11) is 2.76. The Morgan fingerprint density at radius 1 is 0.543 bits per heavy atom. The van der Waals surface area contributed by atoms with E-state index >= 15 is 0 Å². The minimum atomic E-state index is -0.808. The van der Waals surface area contributed by atoms with Gasteiger partial charge in [-0.25, -0.2) is 9.59 Å². The average molecular weight is 613 g/mol. The normalized spacial score (nSPS) is 11.2. The average Bonchev–Trinajstić information content (AvgIpc) is 3.07. The van der Waals surface area contributed by atoms with Gasteiger partial charge in [-0.3, -0.25) is 9.59 Å². The molecular formula is C36H24N2O8. The van der Waals surface area contributed by atoms with Crippen LogP contribution in [0.25, 0.3) is 43.5 Å². The molecule has 0 saturated carbocycles. The van der Waals surface area contributed by atoms with Crippen LogP contribution in [0.4, 0.5) is 11.4 Å². The second-order valence-corrected chi connectivity index (χ2v) is 10.5. The zero-order chi connectivity index (χ0) is 31.9. The first-order valence-electron chi connectivity index (χ1n) is 14.1. The molecule has 5 aromatic carbocycles. The van der Waals surface area contributed by atoms with E-state index in [1.54, 1.807) is 12.1 Å². The van der Waals surface area contributed by atoms with Gasteiger partial charge in [0.15, 0.2) is 0 Å². The van der Waals surface area contributed by atoms with Crippen LogP contribution in [0.1, 0.15) is 20.7 Å². The Hall–Kier alpha value is -6.42. The van der Waals surface area contributed by atoms with Crippen molar-refractivity contribution in [2.75, 3.05) is 24.9 Å². The minimum absolute atomic E-state index is 0.150. The van der Waals surface area contributed by atoms with Gasteiger partial charge in [-0.1, -0.05) is 60.7 Å². The molecule has 10 heteroatoms. The summed E-state index contributed by atoms with van der Waals surface area (Å²) in [6, 6.07) is 28.0. The van der Waals surface area contributed by atoms with Gasteiger partial charge in [0.2, 0.25) is 0 Å². The van der Waals surface area contributed by atoms with Gasteiger partial charge in [0.25, 0.3) is 11.8 Å². The molecule has 0 saturated heterocycles. The molecule has 0 spiro atoms. The maximum absolute atomic E-state index is 13.4. The standard InChI is InChI=1S/C36H24N2O8/c1-43-31-17-28(38-34(40)26-16-24-22-10-6-4-8-20(22)12-14-30(24)46-36(26)42)32(44-2)18-27(31)37-33(39)25-15-23-21-9-5-3-7-19(21)11-13-29(23)45-35(25)41/h3-18H,1-2H3,(H,37,39)(H,38,40). The molecule has 2 amide bonds. The largest absolute Gasteiger partial charge is 0.494 e. The summed E-state index contributed by atoms with van der Waals surface area (Å²) in [6.45, 7) is 0. The van der Waals surface area contributed by atoms with Crippen molar-refractivity contribution < 1.29 is 27.9 Å². The molecule has 7 rings (SSSR count). The van der Waals surface area contributed by atoms with Crippen molar-refractivity contribution in [2.45, 2.75) is 0 Å². The van der Waals surface area contributed by atoms with Crippen LogP contribution in [0.2, 0.25) is 0 Å². The third-order valence-corrected chi connectivity index (χ3v) is 7.79. The van der Waals surface area contributed by atoms with Crippen molar-refractivity contribution in [2.24, 2.45) is 0 Å². The van der Waals surface area contributed by atoms with E-state index < -0.39 is 23.1 Å². The Balaban J connectivity index is 1.22. The number of methoxy groups -OCH3 is 2. The highest BCUT2D eigenvalue weighted by Gasteiger charge is 2.21. The summed E-state index contributed by atoms with van der Waals surface area (Å²) in [5.74, 6) is -1.17. The van der Waals surface area contributed by atoms with E-state index in [9.17, 15) is 19.2 Å². The Labute approximate surface area is 259 Å². The number of carbonyl (C=O) groups is 2.